The highest BCUT2D eigenvalue weighted by atomic mass is 16.5. The number of nitrogens with zero attached hydrogens (tertiary/aromatic N) is 3. The van der Waals surface area contributed by atoms with Crippen LogP contribution in [0.3, 0.4) is 0 Å². The van der Waals surface area contributed by atoms with Crippen molar-refractivity contribution in [2.45, 2.75) is 25.7 Å². The van der Waals surface area contributed by atoms with E-state index in [0.717, 1.165) is 31.6 Å². The predicted octanol–water partition coefficient (Wildman–Crippen LogP) is 3.43. The van der Waals surface area contributed by atoms with Gasteiger partial charge >= 0.3 is 11.9 Å². The lowest BCUT2D eigenvalue weighted by molar-refractivity contribution is -0.139. The number of carbonyl (C=O) groups is 2. The molecule has 0 radical (unpaired) electrons. The monoisotopic (exact) mass is 407 g/mol. The van der Waals surface area contributed by atoms with Gasteiger partial charge < -0.3 is 19.3 Å². The second-order valence-electron chi connectivity index (χ2n) is 7.03. The molecule has 7 heteroatoms. The molecule has 0 aliphatic carbocycles. The first-order valence-corrected chi connectivity index (χ1v) is 9.94. The summed E-state index contributed by atoms with van der Waals surface area (Å²) in [5, 5.41) is 9.79. The minimum atomic E-state index is -0.679. The highest BCUT2D eigenvalue weighted by molar-refractivity contribution is 6.05. The Morgan fingerprint density at radius 3 is 2.33 bits per heavy atom. The first kappa shape index (κ1) is 21.2. The topological polar surface area (TPSA) is 82.9 Å². The van der Waals surface area contributed by atoms with Gasteiger partial charge in [-0.2, -0.15) is 5.26 Å². The number of esters is 2. The molecule has 3 rings (SSSR count). The van der Waals surface area contributed by atoms with Crippen LogP contribution in [0.2, 0.25) is 0 Å². The Balaban J connectivity index is 2.07. The lowest BCUT2D eigenvalue weighted by Gasteiger charge is -2.27. The lowest BCUT2D eigenvalue weighted by atomic mass is 10.1. The largest absolute Gasteiger partial charge is 0.465 e. The number of hydrogen-bond donors (Lipinski definition) is 0. The fourth-order valence-electron chi connectivity index (χ4n) is 3.72. The average Bonchev–Trinajstić information content (AvgIpc) is 3.19. The van der Waals surface area contributed by atoms with Crippen LogP contribution in [0.1, 0.15) is 31.2 Å². The summed E-state index contributed by atoms with van der Waals surface area (Å²) in [5.74, 6) is -1.33. The molecule has 1 aromatic rings. The number of ether oxygens (including phenoxy) is 2. The van der Waals surface area contributed by atoms with Crippen molar-refractivity contribution >= 4 is 23.3 Å². The predicted molar refractivity (Wildman–Crippen MR) is 114 cm³/mol. The van der Waals surface area contributed by atoms with Gasteiger partial charge in [0, 0.05) is 25.0 Å². The molecule has 0 amide bonds. The molecule has 2 aliphatic heterocycles. The molecule has 156 valence electrons. The maximum absolute atomic E-state index is 12.6. The highest BCUT2D eigenvalue weighted by Crippen LogP contribution is 2.31. The van der Waals surface area contributed by atoms with Crippen LogP contribution in [0, 0.1) is 11.3 Å². The Labute approximate surface area is 176 Å². The number of carbonyl (C=O) groups excluding carboxylic acids is 2. The van der Waals surface area contributed by atoms with E-state index in [1.54, 1.807) is 29.3 Å². The Hall–Kier alpha value is -3.53. The zero-order valence-corrected chi connectivity index (χ0v) is 17.3. The second-order valence-corrected chi connectivity index (χ2v) is 7.03. The summed E-state index contributed by atoms with van der Waals surface area (Å²) < 4.78 is 9.76. The molecule has 0 atom stereocenters. The zero-order valence-electron chi connectivity index (χ0n) is 17.3. The molecule has 0 unspecified atom stereocenters. The van der Waals surface area contributed by atoms with Gasteiger partial charge in [-0.1, -0.05) is 18.9 Å². The molecule has 1 saturated heterocycles. The van der Waals surface area contributed by atoms with Gasteiger partial charge in [0.25, 0.3) is 0 Å². The van der Waals surface area contributed by atoms with E-state index >= 15 is 0 Å². The third-order valence-corrected chi connectivity index (χ3v) is 5.21. The average molecular weight is 407 g/mol. The van der Waals surface area contributed by atoms with Gasteiger partial charge in [-0.15, -0.1) is 0 Å². The third kappa shape index (κ3) is 4.38. The molecule has 2 heterocycles. The summed E-state index contributed by atoms with van der Waals surface area (Å²) in [6, 6.07) is 7.75. The van der Waals surface area contributed by atoms with Crippen molar-refractivity contribution in [1.82, 2.24) is 0 Å². The minimum Gasteiger partial charge on any atom is -0.465 e. The Morgan fingerprint density at radius 2 is 1.70 bits per heavy atom. The van der Waals surface area contributed by atoms with E-state index in [1.807, 2.05) is 12.1 Å². The fourth-order valence-corrected chi connectivity index (χ4v) is 3.72. The summed E-state index contributed by atoms with van der Waals surface area (Å²) in [7, 11) is 2.51. The lowest BCUT2D eigenvalue weighted by Crippen LogP contribution is -2.27. The van der Waals surface area contributed by atoms with Gasteiger partial charge in [-0.05, 0) is 43.2 Å². The van der Waals surface area contributed by atoms with Crippen molar-refractivity contribution in [2.24, 2.45) is 0 Å². The summed E-state index contributed by atoms with van der Waals surface area (Å²) >= 11 is 0. The van der Waals surface area contributed by atoms with Crippen LogP contribution in [-0.2, 0) is 19.1 Å². The van der Waals surface area contributed by atoms with Crippen LogP contribution in [0.5, 0.6) is 0 Å². The van der Waals surface area contributed by atoms with Crippen LogP contribution in [-0.4, -0.2) is 39.2 Å². The Morgan fingerprint density at radius 1 is 1.00 bits per heavy atom. The SMILES string of the molecule is COC(=O)C1=C(C(=O)OC)N(c2ccc(N3CCCCCC3)c(C#N)c2)C=CC=C1. The van der Waals surface area contributed by atoms with Crippen molar-refractivity contribution in [3.63, 3.8) is 0 Å². The molecule has 0 aromatic heterocycles. The summed E-state index contributed by atoms with van der Waals surface area (Å²) in [5.41, 5.74) is 2.08. The van der Waals surface area contributed by atoms with Crippen LogP contribution in [0.25, 0.3) is 0 Å². The summed E-state index contributed by atoms with van der Waals surface area (Å²) in [4.78, 5) is 28.7. The van der Waals surface area contributed by atoms with Gasteiger partial charge in [0.05, 0.1) is 31.0 Å². The van der Waals surface area contributed by atoms with Crippen molar-refractivity contribution < 1.29 is 19.1 Å². The van der Waals surface area contributed by atoms with Gasteiger partial charge in [-0.3, -0.25) is 0 Å². The van der Waals surface area contributed by atoms with Crippen LogP contribution in [0.15, 0.2) is 53.9 Å². The smallest absolute Gasteiger partial charge is 0.355 e. The number of benzene rings is 1. The number of methoxy groups -OCH3 is 2. The Bertz CT molecular complexity index is 948. The molecule has 0 N–H and O–H groups in total. The number of nitriles is 1. The molecular weight excluding hydrogens is 382 g/mol. The molecule has 7 nitrogen and oxygen atoms in total. The van der Waals surface area contributed by atoms with Gasteiger partial charge in [0.2, 0.25) is 0 Å². The van der Waals surface area contributed by atoms with Crippen molar-refractivity contribution in [2.75, 3.05) is 37.1 Å². The maximum atomic E-state index is 12.6. The molecule has 1 aromatic carbocycles. The quantitative estimate of drug-likeness (QED) is 0.707. The van der Waals surface area contributed by atoms with Gasteiger partial charge in [0.1, 0.15) is 11.8 Å². The Kier molecular flexibility index (Phi) is 6.91. The highest BCUT2D eigenvalue weighted by Gasteiger charge is 2.28. The number of allylic oxidation sites excluding steroid dienone is 2. The minimum absolute atomic E-state index is 0.0285. The third-order valence-electron chi connectivity index (χ3n) is 5.21. The van der Waals surface area contributed by atoms with Crippen molar-refractivity contribution in [3.8, 4) is 6.07 Å². The molecule has 2 aliphatic rings. The van der Waals surface area contributed by atoms with E-state index < -0.39 is 11.9 Å². The van der Waals surface area contributed by atoms with Crippen LogP contribution in [0.4, 0.5) is 11.4 Å². The molecule has 0 saturated carbocycles. The van der Waals surface area contributed by atoms with E-state index in [4.69, 9.17) is 9.47 Å². The summed E-state index contributed by atoms with van der Waals surface area (Å²) in [6.45, 7) is 1.84. The number of anilines is 2. The van der Waals surface area contributed by atoms with E-state index in [-0.39, 0.29) is 11.3 Å². The van der Waals surface area contributed by atoms with E-state index in [1.165, 1.54) is 33.1 Å². The molecule has 0 spiro atoms. The first-order valence-electron chi connectivity index (χ1n) is 9.94. The van der Waals surface area contributed by atoms with Gasteiger partial charge in [-0.25, -0.2) is 9.59 Å². The van der Waals surface area contributed by atoms with Crippen molar-refractivity contribution in [1.29, 1.82) is 5.26 Å². The van der Waals surface area contributed by atoms with E-state index in [9.17, 15) is 14.9 Å². The maximum Gasteiger partial charge on any atom is 0.355 e. The molecule has 0 bridgehead atoms. The van der Waals surface area contributed by atoms with E-state index in [0.29, 0.717) is 11.3 Å². The number of hydrogen-bond acceptors (Lipinski definition) is 7. The van der Waals surface area contributed by atoms with E-state index in [2.05, 4.69) is 11.0 Å². The second kappa shape index (κ2) is 9.79. The zero-order chi connectivity index (χ0) is 21.5. The fraction of sp³-hybridized carbons (Fsp3) is 0.348. The molecule has 30 heavy (non-hydrogen) atoms. The van der Waals surface area contributed by atoms with Crippen LogP contribution >= 0.6 is 0 Å². The number of rotatable bonds is 4. The van der Waals surface area contributed by atoms with Crippen LogP contribution < -0.4 is 9.80 Å². The standard InChI is InChI=1S/C23H25N3O4/c1-29-22(27)19-9-5-8-14-26(21(19)23(28)30-2)18-10-11-20(17(15-18)16-24)25-12-6-3-4-7-13-25/h5,8-11,14-15H,3-4,6-7,12-13H2,1-2H3. The summed E-state index contributed by atoms with van der Waals surface area (Å²) in [6.07, 6.45) is 11.1. The van der Waals surface area contributed by atoms with Gasteiger partial charge in [0.15, 0.2) is 0 Å². The van der Waals surface area contributed by atoms with Crippen molar-refractivity contribution in [3.05, 3.63) is 59.5 Å². The molecular formula is C23H25N3O4. The normalized spacial score (nSPS) is 16.6. The molecule has 1 fully saturated rings. The first-order chi connectivity index (χ1) is 14.6.